The first-order valence-electron chi connectivity index (χ1n) is 10.7. The predicted molar refractivity (Wildman–Crippen MR) is 124 cm³/mol. The monoisotopic (exact) mass is 416 g/mol. The molecule has 1 aliphatic heterocycles. The molecular weight excluding hydrogens is 388 g/mol. The summed E-state index contributed by atoms with van der Waals surface area (Å²) in [6.45, 7) is 5.62. The Morgan fingerprint density at radius 1 is 1.03 bits per heavy atom. The van der Waals surface area contributed by atoms with Crippen molar-refractivity contribution in [1.82, 2.24) is 10.2 Å². The van der Waals surface area contributed by atoms with Gasteiger partial charge in [-0.25, -0.2) is 0 Å². The van der Waals surface area contributed by atoms with Crippen molar-refractivity contribution in [3.05, 3.63) is 65.7 Å². The summed E-state index contributed by atoms with van der Waals surface area (Å²) in [7, 11) is 1.65. The largest absolute Gasteiger partial charge is 0.496 e. The fourth-order valence-corrected chi connectivity index (χ4v) is 3.97. The molecule has 0 bridgehead atoms. The molecule has 0 unspecified atom stereocenters. The van der Waals surface area contributed by atoms with Gasteiger partial charge in [-0.05, 0) is 68.1 Å². The lowest BCUT2D eigenvalue weighted by Gasteiger charge is -2.32. The molecule has 3 aromatic rings. The minimum Gasteiger partial charge on any atom is -0.496 e. The number of benzene rings is 2. The average Bonchev–Trinajstić information content (AvgIpc) is 2.81. The molecule has 2 heterocycles. The average molecular weight is 417 g/mol. The lowest BCUT2D eigenvalue weighted by molar-refractivity contribution is -0.120. The van der Waals surface area contributed by atoms with Crippen molar-refractivity contribution in [3.8, 4) is 17.0 Å². The van der Waals surface area contributed by atoms with Crippen LogP contribution in [0.1, 0.15) is 24.0 Å². The maximum absolute atomic E-state index is 12.8. The Balaban J connectivity index is 1.37. The van der Waals surface area contributed by atoms with Crippen LogP contribution in [0.5, 0.6) is 5.75 Å². The van der Waals surface area contributed by atoms with E-state index in [1.54, 1.807) is 7.11 Å². The molecule has 1 N–H and O–H groups in total. The molecule has 160 valence electrons. The van der Waals surface area contributed by atoms with Gasteiger partial charge in [-0.3, -0.25) is 4.79 Å². The Morgan fingerprint density at radius 3 is 2.52 bits per heavy atom. The van der Waals surface area contributed by atoms with Crippen LogP contribution in [0.4, 0.5) is 11.5 Å². The molecule has 1 amide bonds. The van der Waals surface area contributed by atoms with Crippen LogP contribution >= 0.6 is 0 Å². The molecule has 6 heteroatoms. The van der Waals surface area contributed by atoms with Gasteiger partial charge in [0.15, 0.2) is 5.82 Å². The summed E-state index contributed by atoms with van der Waals surface area (Å²) in [5.74, 6) is 1.73. The molecule has 0 spiro atoms. The molecule has 6 nitrogen and oxygen atoms in total. The first-order chi connectivity index (χ1) is 15.0. The Hall–Kier alpha value is -3.41. The second-order valence-electron chi connectivity index (χ2n) is 8.05. The van der Waals surface area contributed by atoms with E-state index in [2.05, 4.69) is 26.5 Å². The third-order valence-electron chi connectivity index (χ3n) is 5.87. The Kier molecular flexibility index (Phi) is 6.16. The first kappa shape index (κ1) is 20.8. The van der Waals surface area contributed by atoms with E-state index in [1.165, 1.54) is 0 Å². The second-order valence-corrected chi connectivity index (χ2v) is 8.05. The van der Waals surface area contributed by atoms with Crippen LogP contribution in [0.15, 0.2) is 54.6 Å². The number of anilines is 2. The van der Waals surface area contributed by atoms with Gasteiger partial charge in [0.05, 0.1) is 12.8 Å². The molecule has 1 aromatic heterocycles. The van der Waals surface area contributed by atoms with Crippen LogP contribution < -0.4 is 15.0 Å². The maximum Gasteiger partial charge on any atom is 0.227 e. The van der Waals surface area contributed by atoms with Gasteiger partial charge < -0.3 is 15.0 Å². The van der Waals surface area contributed by atoms with Gasteiger partial charge in [-0.1, -0.05) is 24.3 Å². The number of aryl methyl sites for hydroxylation is 2. The summed E-state index contributed by atoms with van der Waals surface area (Å²) in [6.07, 6.45) is 1.60. The fourth-order valence-electron chi connectivity index (χ4n) is 3.97. The van der Waals surface area contributed by atoms with Crippen molar-refractivity contribution in [1.29, 1.82) is 0 Å². The molecule has 4 rings (SSSR count). The minimum absolute atomic E-state index is 0.0111. The molecule has 0 saturated carbocycles. The highest BCUT2D eigenvalue weighted by Gasteiger charge is 2.26. The number of hydrogen-bond donors (Lipinski definition) is 1. The third kappa shape index (κ3) is 4.68. The van der Waals surface area contributed by atoms with E-state index in [0.717, 1.165) is 65.6 Å². The fraction of sp³-hybridized carbons (Fsp3) is 0.320. The van der Waals surface area contributed by atoms with E-state index >= 15 is 0 Å². The van der Waals surface area contributed by atoms with Crippen molar-refractivity contribution in [2.45, 2.75) is 26.7 Å². The summed E-state index contributed by atoms with van der Waals surface area (Å²) in [5, 5.41) is 12.0. The van der Waals surface area contributed by atoms with E-state index in [-0.39, 0.29) is 11.8 Å². The van der Waals surface area contributed by atoms with Crippen molar-refractivity contribution in [3.63, 3.8) is 0 Å². The molecule has 1 saturated heterocycles. The van der Waals surface area contributed by atoms with E-state index in [0.29, 0.717) is 0 Å². The summed E-state index contributed by atoms with van der Waals surface area (Å²) >= 11 is 0. The molecule has 1 fully saturated rings. The maximum atomic E-state index is 12.8. The molecule has 0 aliphatic carbocycles. The van der Waals surface area contributed by atoms with Gasteiger partial charge in [0.25, 0.3) is 0 Å². The van der Waals surface area contributed by atoms with Crippen molar-refractivity contribution in [2.24, 2.45) is 5.92 Å². The number of ether oxygens (including phenoxy) is 1. The van der Waals surface area contributed by atoms with E-state index in [1.807, 2.05) is 62.4 Å². The molecule has 31 heavy (non-hydrogen) atoms. The van der Waals surface area contributed by atoms with Crippen molar-refractivity contribution in [2.75, 3.05) is 30.4 Å². The number of methoxy groups -OCH3 is 1. The lowest BCUT2D eigenvalue weighted by Crippen LogP contribution is -2.38. The highest BCUT2D eigenvalue weighted by Crippen LogP contribution is 2.29. The van der Waals surface area contributed by atoms with Gasteiger partial charge in [0.2, 0.25) is 5.91 Å². The van der Waals surface area contributed by atoms with Crippen LogP contribution in [0, 0.1) is 19.8 Å². The van der Waals surface area contributed by atoms with E-state index < -0.39 is 0 Å². The zero-order valence-electron chi connectivity index (χ0n) is 18.3. The first-order valence-corrected chi connectivity index (χ1v) is 10.7. The molecule has 0 radical (unpaired) electrons. The molecule has 0 atom stereocenters. The number of amides is 1. The molecular formula is C25H28N4O2. The normalized spacial score (nSPS) is 14.4. The topological polar surface area (TPSA) is 67.3 Å². The number of para-hydroxylation sites is 1. The smallest absolute Gasteiger partial charge is 0.227 e. The summed E-state index contributed by atoms with van der Waals surface area (Å²) in [4.78, 5) is 15.0. The number of aromatic nitrogens is 2. The van der Waals surface area contributed by atoms with E-state index in [4.69, 9.17) is 4.74 Å². The molecule has 1 aliphatic rings. The number of carbonyl (C=O) groups is 1. The second kappa shape index (κ2) is 9.16. The minimum atomic E-state index is 0.0111. The zero-order valence-corrected chi connectivity index (χ0v) is 18.3. The summed E-state index contributed by atoms with van der Waals surface area (Å²) in [6, 6.07) is 17.9. The van der Waals surface area contributed by atoms with Crippen LogP contribution in [-0.2, 0) is 4.79 Å². The number of hydrogen-bond acceptors (Lipinski definition) is 5. The van der Waals surface area contributed by atoms with Gasteiger partial charge in [-0.2, -0.15) is 0 Å². The highest BCUT2D eigenvalue weighted by atomic mass is 16.5. The van der Waals surface area contributed by atoms with Crippen LogP contribution in [0.3, 0.4) is 0 Å². The van der Waals surface area contributed by atoms with Gasteiger partial charge >= 0.3 is 0 Å². The Bertz CT molecular complexity index is 1060. The molecule has 2 aromatic carbocycles. The van der Waals surface area contributed by atoms with Gasteiger partial charge in [0.1, 0.15) is 5.75 Å². The van der Waals surface area contributed by atoms with E-state index in [9.17, 15) is 4.79 Å². The van der Waals surface area contributed by atoms with Crippen molar-refractivity contribution < 1.29 is 9.53 Å². The number of nitrogens with zero attached hydrogens (tertiary/aromatic N) is 3. The number of nitrogens with one attached hydrogen (secondary N) is 1. The van der Waals surface area contributed by atoms with Gasteiger partial charge in [0, 0.05) is 30.3 Å². The number of carbonyl (C=O) groups excluding carboxylic acids is 1. The standard InChI is InChI=1S/C25H28N4O2/c1-17-8-9-18(2)22(16-17)26-25(30)19-12-14-29(15-13-19)24-11-10-21(27-28-24)20-6-4-5-7-23(20)31-3/h4-11,16,19H,12-15H2,1-3H3,(H,26,30). The summed E-state index contributed by atoms with van der Waals surface area (Å²) < 4.78 is 5.42. The summed E-state index contributed by atoms with van der Waals surface area (Å²) in [5.41, 5.74) is 4.84. The van der Waals surface area contributed by atoms with Crippen LogP contribution in [-0.4, -0.2) is 36.3 Å². The third-order valence-corrected chi connectivity index (χ3v) is 5.87. The Labute approximate surface area is 183 Å². The van der Waals surface area contributed by atoms with Crippen LogP contribution in [0.2, 0.25) is 0 Å². The van der Waals surface area contributed by atoms with Crippen LogP contribution in [0.25, 0.3) is 11.3 Å². The predicted octanol–water partition coefficient (Wildman–Crippen LogP) is 4.62. The number of piperidine rings is 1. The SMILES string of the molecule is COc1ccccc1-c1ccc(N2CCC(C(=O)Nc3cc(C)ccc3C)CC2)nn1. The lowest BCUT2D eigenvalue weighted by atomic mass is 9.95. The zero-order chi connectivity index (χ0) is 21.8. The quantitative estimate of drug-likeness (QED) is 0.657. The number of rotatable bonds is 5. The highest BCUT2D eigenvalue weighted by molar-refractivity contribution is 5.93. The van der Waals surface area contributed by atoms with Crippen molar-refractivity contribution >= 4 is 17.4 Å². The Morgan fingerprint density at radius 2 is 1.81 bits per heavy atom. The van der Waals surface area contributed by atoms with Gasteiger partial charge in [-0.15, -0.1) is 10.2 Å².